The van der Waals surface area contributed by atoms with Gasteiger partial charge in [-0.2, -0.15) is 0 Å². The van der Waals surface area contributed by atoms with Crippen LogP contribution < -0.4 is 0 Å². The predicted molar refractivity (Wildman–Crippen MR) is 78.5 cm³/mol. The lowest BCUT2D eigenvalue weighted by molar-refractivity contribution is -0.129. The van der Waals surface area contributed by atoms with E-state index in [1.807, 2.05) is 6.92 Å². The van der Waals surface area contributed by atoms with E-state index >= 15 is 0 Å². The molecular weight excluding hydrogens is 271 g/mol. The second kappa shape index (κ2) is 5.48. The number of fused-ring (bicyclic) bond motifs is 1. The molecule has 0 radical (unpaired) electrons. The Labute approximate surface area is 122 Å². The van der Waals surface area contributed by atoms with Crippen molar-refractivity contribution in [3.05, 3.63) is 35.3 Å². The number of halogens is 1. The molecule has 1 unspecified atom stereocenters. The molecule has 1 atom stereocenters. The summed E-state index contributed by atoms with van der Waals surface area (Å²) in [4.78, 5) is 17.4. The minimum absolute atomic E-state index is 0.0409. The highest BCUT2D eigenvalue weighted by atomic mass is 19.1. The van der Waals surface area contributed by atoms with Gasteiger partial charge in [-0.05, 0) is 37.1 Å². The van der Waals surface area contributed by atoms with Crippen molar-refractivity contribution in [2.45, 2.75) is 19.8 Å². The van der Waals surface area contributed by atoms with Gasteiger partial charge in [0.05, 0.1) is 6.42 Å². The number of amides is 1. The first kappa shape index (κ1) is 14.1. The molecule has 0 saturated carbocycles. The van der Waals surface area contributed by atoms with Crippen molar-refractivity contribution in [2.24, 2.45) is 5.92 Å². The summed E-state index contributed by atoms with van der Waals surface area (Å²) in [5.74, 6) is -0.0635. The highest BCUT2D eigenvalue weighted by molar-refractivity contribution is 5.90. The zero-order valence-electron chi connectivity index (χ0n) is 12.0. The molecule has 4 nitrogen and oxygen atoms in total. The highest BCUT2D eigenvalue weighted by Gasteiger charge is 2.26. The van der Waals surface area contributed by atoms with Crippen LogP contribution in [0, 0.1) is 18.7 Å². The first-order valence-corrected chi connectivity index (χ1v) is 7.24. The zero-order valence-corrected chi connectivity index (χ0v) is 12.0. The van der Waals surface area contributed by atoms with Crippen molar-refractivity contribution in [1.29, 1.82) is 0 Å². The van der Waals surface area contributed by atoms with E-state index < -0.39 is 0 Å². The maximum atomic E-state index is 13.4. The third-order valence-corrected chi connectivity index (χ3v) is 4.31. The number of aromatic nitrogens is 1. The number of nitrogens with one attached hydrogen (secondary N) is 1. The Morgan fingerprint density at radius 2 is 2.33 bits per heavy atom. The van der Waals surface area contributed by atoms with Crippen molar-refractivity contribution < 1.29 is 14.3 Å². The largest absolute Gasteiger partial charge is 0.396 e. The fourth-order valence-corrected chi connectivity index (χ4v) is 3.05. The number of aliphatic hydroxyl groups is 1. The number of hydrogen-bond acceptors (Lipinski definition) is 2. The van der Waals surface area contributed by atoms with Crippen LogP contribution in [0.1, 0.15) is 17.7 Å². The molecule has 3 rings (SSSR count). The number of rotatable bonds is 3. The summed E-state index contributed by atoms with van der Waals surface area (Å²) in [7, 11) is 0. The number of carbonyl (C=O) groups is 1. The smallest absolute Gasteiger partial charge is 0.227 e. The van der Waals surface area contributed by atoms with Crippen molar-refractivity contribution in [2.75, 3.05) is 19.7 Å². The Balaban J connectivity index is 1.83. The van der Waals surface area contributed by atoms with Crippen LogP contribution in [0.3, 0.4) is 0 Å². The number of H-pyrrole nitrogens is 1. The molecule has 2 N–H and O–H groups in total. The molecule has 2 aromatic rings. The predicted octanol–water partition coefficient (Wildman–Crippen LogP) is 2.00. The van der Waals surface area contributed by atoms with E-state index in [2.05, 4.69) is 4.98 Å². The second-order valence-corrected chi connectivity index (χ2v) is 5.77. The van der Waals surface area contributed by atoms with Crippen LogP contribution in [0.5, 0.6) is 0 Å². The summed E-state index contributed by atoms with van der Waals surface area (Å²) in [5.41, 5.74) is 2.62. The lowest BCUT2D eigenvalue weighted by Gasteiger charge is -2.16. The van der Waals surface area contributed by atoms with E-state index in [-0.39, 0.29) is 30.7 Å². The van der Waals surface area contributed by atoms with E-state index in [0.29, 0.717) is 13.1 Å². The Kier molecular flexibility index (Phi) is 3.68. The maximum absolute atomic E-state index is 13.4. The van der Waals surface area contributed by atoms with E-state index in [9.17, 15) is 9.18 Å². The summed E-state index contributed by atoms with van der Waals surface area (Å²) >= 11 is 0. The Morgan fingerprint density at radius 3 is 3.05 bits per heavy atom. The first-order chi connectivity index (χ1) is 10.1. The van der Waals surface area contributed by atoms with Crippen LogP contribution >= 0.6 is 0 Å². The molecule has 0 spiro atoms. The topological polar surface area (TPSA) is 56.3 Å². The number of aliphatic hydroxyl groups excluding tert-OH is 1. The van der Waals surface area contributed by atoms with Gasteiger partial charge in [0.25, 0.3) is 0 Å². The Hall–Kier alpha value is -1.88. The van der Waals surface area contributed by atoms with Gasteiger partial charge in [0.2, 0.25) is 5.91 Å². The third-order valence-electron chi connectivity index (χ3n) is 4.31. The van der Waals surface area contributed by atoms with Crippen molar-refractivity contribution in [3.63, 3.8) is 0 Å². The summed E-state index contributed by atoms with van der Waals surface area (Å²) in [6.07, 6.45) is 1.12. The number of likely N-dealkylation sites (tertiary alicyclic amines) is 1. The average molecular weight is 290 g/mol. The quantitative estimate of drug-likeness (QED) is 0.908. The summed E-state index contributed by atoms with van der Waals surface area (Å²) < 4.78 is 13.4. The van der Waals surface area contributed by atoms with Crippen LogP contribution in [-0.2, 0) is 11.2 Å². The van der Waals surface area contributed by atoms with E-state index in [0.717, 1.165) is 28.6 Å². The van der Waals surface area contributed by atoms with Crippen molar-refractivity contribution >= 4 is 16.8 Å². The summed E-state index contributed by atoms with van der Waals surface area (Å²) in [6.45, 7) is 3.34. The minimum atomic E-state index is -0.295. The fourth-order valence-electron chi connectivity index (χ4n) is 3.05. The zero-order chi connectivity index (χ0) is 15.0. The molecule has 1 aliphatic rings. The molecule has 112 valence electrons. The fraction of sp³-hybridized carbons (Fsp3) is 0.438. The first-order valence-electron chi connectivity index (χ1n) is 7.24. The molecule has 1 aliphatic heterocycles. The number of aromatic amines is 1. The molecule has 21 heavy (non-hydrogen) atoms. The highest BCUT2D eigenvalue weighted by Crippen LogP contribution is 2.25. The summed E-state index contributed by atoms with van der Waals surface area (Å²) in [6, 6.07) is 4.58. The van der Waals surface area contributed by atoms with Crippen molar-refractivity contribution in [1.82, 2.24) is 9.88 Å². The van der Waals surface area contributed by atoms with Gasteiger partial charge in [0.1, 0.15) is 5.82 Å². The van der Waals surface area contributed by atoms with Gasteiger partial charge in [-0.3, -0.25) is 4.79 Å². The molecule has 0 aliphatic carbocycles. The molecule has 1 saturated heterocycles. The van der Waals surface area contributed by atoms with E-state index in [1.165, 1.54) is 12.1 Å². The molecule has 0 bridgehead atoms. The van der Waals surface area contributed by atoms with Gasteiger partial charge in [-0.15, -0.1) is 0 Å². The number of hydrogen-bond donors (Lipinski definition) is 2. The van der Waals surface area contributed by atoms with Crippen LogP contribution in [-0.4, -0.2) is 40.6 Å². The van der Waals surface area contributed by atoms with Crippen LogP contribution in [0.4, 0.5) is 4.39 Å². The van der Waals surface area contributed by atoms with Crippen LogP contribution in [0.25, 0.3) is 10.9 Å². The average Bonchev–Trinajstić information content (AvgIpc) is 3.05. The lowest BCUT2D eigenvalue weighted by Crippen LogP contribution is -2.30. The SMILES string of the molecule is Cc1[nH]c2ccc(F)cc2c1CC(=O)N1CCC(CO)C1. The Bertz CT molecular complexity index is 680. The van der Waals surface area contributed by atoms with Gasteiger partial charge < -0.3 is 15.0 Å². The maximum Gasteiger partial charge on any atom is 0.227 e. The molecule has 1 fully saturated rings. The second-order valence-electron chi connectivity index (χ2n) is 5.77. The van der Waals surface area contributed by atoms with Gasteiger partial charge in [-0.25, -0.2) is 4.39 Å². The standard InChI is InChI=1S/C16H19FN2O2/c1-10-13(14-6-12(17)2-3-15(14)18-10)7-16(21)19-5-4-11(8-19)9-20/h2-3,6,11,18,20H,4-5,7-9H2,1H3. The number of nitrogens with zero attached hydrogens (tertiary/aromatic N) is 1. The van der Waals surface area contributed by atoms with Gasteiger partial charge in [0.15, 0.2) is 0 Å². The monoisotopic (exact) mass is 290 g/mol. The van der Waals surface area contributed by atoms with Crippen LogP contribution in [0.2, 0.25) is 0 Å². The molecule has 5 heteroatoms. The van der Waals surface area contributed by atoms with Crippen molar-refractivity contribution in [3.8, 4) is 0 Å². The Morgan fingerprint density at radius 1 is 1.52 bits per heavy atom. The van der Waals surface area contributed by atoms with E-state index in [4.69, 9.17) is 5.11 Å². The molecule has 1 amide bonds. The van der Waals surface area contributed by atoms with Gasteiger partial charge >= 0.3 is 0 Å². The molecule has 1 aromatic carbocycles. The van der Waals surface area contributed by atoms with E-state index in [1.54, 1.807) is 11.0 Å². The lowest BCUT2D eigenvalue weighted by atomic mass is 10.1. The molecular formula is C16H19FN2O2. The van der Waals surface area contributed by atoms with Gasteiger partial charge in [0, 0.05) is 42.2 Å². The number of benzene rings is 1. The van der Waals surface area contributed by atoms with Gasteiger partial charge in [-0.1, -0.05) is 0 Å². The normalized spacial score (nSPS) is 18.6. The van der Waals surface area contributed by atoms with Crippen LogP contribution in [0.15, 0.2) is 18.2 Å². The molecule has 1 aromatic heterocycles. The number of carbonyl (C=O) groups excluding carboxylic acids is 1. The summed E-state index contributed by atoms with van der Waals surface area (Å²) in [5, 5.41) is 9.93. The molecule has 2 heterocycles. The number of aryl methyl sites for hydroxylation is 1. The minimum Gasteiger partial charge on any atom is -0.396 e. The third kappa shape index (κ3) is 2.65.